The van der Waals surface area contributed by atoms with Crippen molar-refractivity contribution in [3.63, 3.8) is 0 Å². The van der Waals surface area contributed by atoms with Gasteiger partial charge in [-0.05, 0) is 61.0 Å². The molecule has 0 aliphatic heterocycles. The van der Waals surface area contributed by atoms with Crippen LogP contribution in [0.5, 0.6) is 0 Å². The Hall–Kier alpha value is -2.96. The third-order valence-corrected chi connectivity index (χ3v) is 7.63. The molecule has 0 aliphatic carbocycles. The second-order valence-electron chi connectivity index (χ2n) is 6.45. The van der Waals surface area contributed by atoms with Gasteiger partial charge in [0.2, 0.25) is 0 Å². The molecule has 31 heavy (non-hydrogen) atoms. The Morgan fingerprint density at radius 3 is 1.87 bits per heavy atom. The average Bonchev–Trinajstić information content (AvgIpc) is 2.69. The minimum Gasteiger partial charge on any atom is -0.280 e. The lowest BCUT2D eigenvalue weighted by Crippen LogP contribution is -2.15. The third kappa shape index (κ3) is 5.40. The summed E-state index contributed by atoms with van der Waals surface area (Å²) in [5.41, 5.74) is 0.449. The Balaban J connectivity index is 1.82. The van der Waals surface area contributed by atoms with Crippen molar-refractivity contribution in [2.24, 2.45) is 0 Å². The third-order valence-electron chi connectivity index (χ3n) is 4.19. The van der Waals surface area contributed by atoms with Crippen LogP contribution in [0.3, 0.4) is 0 Å². The summed E-state index contributed by atoms with van der Waals surface area (Å²) >= 11 is 3.27. The smallest absolute Gasteiger partial charge is 0.270 e. The minimum atomic E-state index is -4.12. The molecule has 3 aromatic rings. The molecule has 0 unspecified atom stereocenters. The first-order chi connectivity index (χ1) is 14.5. The summed E-state index contributed by atoms with van der Waals surface area (Å²) in [4.78, 5) is 9.96. The minimum absolute atomic E-state index is 0.0649. The fraction of sp³-hybridized carbons (Fsp3) is 0.0526. The van der Waals surface area contributed by atoms with Crippen molar-refractivity contribution in [3.8, 4) is 0 Å². The number of nitro benzene ring substituents is 1. The molecule has 0 saturated carbocycles. The van der Waals surface area contributed by atoms with Crippen molar-refractivity contribution in [2.75, 3.05) is 9.44 Å². The van der Waals surface area contributed by atoms with Gasteiger partial charge in [0.15, 0.2) is 0 Å². The quantitative estimate of drug-likeness (QED) is 0.349. The molecule has 0 aromatic heterocycles. The summed E-state index contributed by atoms with van der Waals surface area (Å²) in [5, 5.41) is 11.0. The van der Waals surface area contributed by atoms with Crippen molar-refractivity contribution < 1.29 is 21.8 Å². The molecule has 162 valence electrons. The Bertz CT molecular complexity index is 1340. The topological polar surface area (TPSA) is 135 Å². The molecular formula is C19H16BrN3O6S2. The van der Waals surface area contributed by atoms with Gasteiger partial charge in [0.05, 0.1) is 14.7 Å². The van der Waals surface area contributed by atoms with Gasteiger partial charge in [0.25, 0.3) is 25.7 Å². The summed E-state index contributed by atoms with van der Waals surface area (Å²) < 4.78 is 55.9. The van der Waals surface area contributed by atoms with Gasteiger partial charge >= 0.3 is 0 Å². The van der Waals surface area contributed by atoms with Crippen LogP contribution in [0.1, 0.15) is 5.56 Å². The fourth-order valence-corrected chi connectivity index (χ4v) is 5.28. The normalized spacial score (nSPS) is 11.7. The van der Waals surface area contributed by atoms with E-state index in [0.717, 1.165) is 10.5 Å². The highest BCUT2D eigenvalue weighted by atomic mass is 79.9. The number of nitrogens with one attached hydrogen (secondary N) is 2. The van der Waals surface area contributed by atoms with Crippen LogP contribution in [0.25, 0.3) is 0 Å². The second-order valence-corrected chi connectivity index (χ2v) is 10.7. The van der Waals surface area contributed by atoms with E-state index in [1.54, 1.807) is 24.3 Å². The van der Waals surface area contributed by atoms with Crippen LogP contribution in [0.2, 0.25) is 0 Å². The van der Waals surface area contributed by atoms with Gasteiger partial charge in [0.1, 0.15) is 0 Å². The molecule has 0 spiro atoms. The Labute approximate surface area is 187 Å². The van der Waals surface area contributed by atoms with Crippen LogP contribution in [-0.2, 0) is 20.0 Å². The highest BCUT2D eigenvalue weighted by Gasteiger charge is 2.21. The average molecular weight is 526 g/mol. The maximum Gasteiger partial charge on any atom is 0.270 e. The van der Waals surface area contributed by atoms with Crippen LogP contribution in [0.4, 0.5) is 17.1 Å². The van der Waals surface area contributed by atoms with Crippen molar-refractivity contribution in [1.29, 1.82) is 0 Å². The number of aryl methyl sites for hydroxylation is 1. The Morgan fingerprint density at radius 2 is 1.32 bits per heavy atom. The van der Waals surface area contributed by atoms with Crippen LogP contribution in [0, 0.1) is 17.0 Å². The molecule has 0 radical (unpaired) electrons. The van der Waals surface area contributed by atoms with Crippen molar-refractivity contribution >= 4 is 53.0 Å². The highest BCUT2D eigenvalue weighted by molar-refractivity contribution is 9.10. The lowest BCUT2D eigenvalue weighted by molar-refractivity contribution is -0.385. The number of hydrogen-bond acceptors (Lipinski definition) is 6. The van der Waals surface area contributed by atoms with Gasteiger partial charge in [-0.15, -0.1) is 0 Å². The first-order valence-corrected chi connectivity index (χ1v) is 12.4. The molecule has 0 atom stereocenters. The van der Waals surface area contributed by atoms with Crippen LogP contribution in [0.15, 0.2) is 81.0 Å². The molecule has 3 aromatic carbocycles. The lowest BCUT2D eigenvalue weighted by atomic mass is 10.2. The van der Waals surface area contributed by atoms with Crippen molar-refractivity contribution in [1.82, 2.24) is 0 Å². The standard InChI is InChI=1S/C19H16BrN3O6S2/c1-13-2-9-17(23(24)25)12-19(13)31(28,29)22-16-7-10-18(11-8-16)30(26,27)21-15-5-3-14(20)4-6-15/h2-12,21-22H,1H3. The van der Waals surface area contributed by atoms with E-state index in [0.29, 0.717) is 11.3 Å². The van der Waals surface area contributed by atoms with E-state index in [9.17, 15) is 26.9 Å². The molecule has 12 heteroatoms. The van der Waals surface area contributed by atoms with E-state index < -0.39 is 25.0 Å². The summed E-state index contributed by atoms with van der Waals surface area (Å²) in [6.45, 7) is 1.52. The zero-order chi connectivity index (χ0) is 22.8. The first-order valence-electron chi connectivity index (χ1n) is 8.64. The molecule has 9 nitrogen and oxygen atoms in total. The number of benzene rings is 3. The zero-order valence-electron chi connectivity index (χ0n) is 15.9. The van der Waals surface area contributed by atoms with Crippen LogP contribution in [-0.4, -0.2) is 21.8 Å². The molecule has 0 bridgehead atoms. The number of rotatable bonds is 7. The molecule has 0 aliphatic rings. The number of halogens is 1. The van der Waals surface area contributed by atoms with E-state index in [1.165, 1.54) is 43.3 Å². The second kappa shape index (κ2) is 8.65. The largest absolute Gasteiger partial charge is 0.280 e. The number of hydrogen-bond donors (Lipinski definition) is 2. The summed E-state index contributed by atoms with van der Waals surface area (Å²) in [6.07, 6.45) is 0. The summed E-state index contributed by atoms with van der Waals surface area (Å²) in [5.74, 6) is 0. The number of non-ortho nitro benzene ring substituents is 1. The predicted molar refractivity (Wildman–Crippen MR) is 120 cm³/mol. The van der Waals surface area contributed by atoms with E-state index >= 15 is 0 Å². The van der Waals surface area contributed by atoms with Crippen LogP contribution >= 0.6 is 15.9 Å². The molecule has 3 rings (SSSR count). The maximum absolute atomic E-state index is 12.7. The van der Waals surface area contributed by atoms with Gasteiger partial charge in [-0.25, -0.2) is 16.8 Å². The monoisotopic (exact) mass is 525 g/mol. The van der Waals surface area contributed by atoms with E-state index in [2.05, 4.69) is 25.4 Å². The van der Waals surface area contributed by atoms with Crippen LogP contribution < -0.4 is 9.44 Å². The zero-order valence-corrected chi connectivity index (χ0v) is 19.2. The molecule has 0 fully saturated rings. The maximum atomic E-state index is 12.7. The first kappa shape index (κ1) is 22.7. The Morgan fingerprint density at radius 1 is 0.806 bits per heavy atom. The predicted octanol–water partition coefficient (Wildman–Crippen LogP) is 4.27. The lowest BCUT2D eigenvalue weighted by Gasteiger charge is -2.12. The number of sulfonamides is 2. The SMILES string of the molecule is Cc1ccc([N+](=O)[O-])cc1S(=O)(=O)Nc1ccc(S(=O)(=O)Nc2ccc(Br)cc2)cc1. The van der Waals surface area contributed by atoms with Gasteiger partial charge in [-0.3, -0.25) is 19.6 Å². The van der Waals surface area contributed by atoms with E-state index in [4.69, 9.17) is 0 Å². The number of nitrogens with zero attached hydrogens (tertiary/aromatic N) is 1. The van der Waals surface area contributed by atoms with Gasteiger partial charge in [-0.1, -0.05) is 22.0 Å². The fourth-order valence-electron chi connectivity index (χ4n) is 2.64. The van der Waals surface area contributed by atoms with Gasteiger partial charge in [0, 0.05) is 28.0 Å². The summed E-state index contributed by atoms with van der Waals surface area (Å²) in [6, 6.07) is 15.2. The van der Waals surface area contributed by atoms with E-state index in [1.807, 2.05) is 0 Å². The van der Waals surface area contributed by atoms with Gasteiger partial charge in [-0.2, -0.15) is 0 Å². The van der Waals surface area contributed by atoms with Crippen molar-refractivity contribution in [3.05, 3.63) is 86.9 Å². The molecule has 0 amide bonds. The molecule has 0 saturated heterocycles. The highest BCUT2D eigenvalue weighted by Crippen LogP contribution is 2.25. The Kier molecular flexibility index (Phi) is 6.34. The summed E-state index contributed by atoms with van der Waals surface area (Å²) in [7, 11) is -8.00. The number of anilines is 2. The van der Waals surface area contributed by atoms with Crippen molar-refractivity contribution in [2.45, 2.75) is 16.7 Å². The molecule has 2 N–H and O–H groups in total. The van der Waals surface area contributed by atoms with E-state index in [-0.39, 0.29) is 21.2 Å². The number of nitro groups is 1. The molecular weight excluding hydrogens is 510 g/mol. The van der Waals surface area contributed by atoms with Gasteiger partial charge < -0.3 is 0 Å². The molecule has 0 heterocycles.